The molecule has 1 aliphatic heterocycles. The van der Waals surface area contributed by atoms with Crippen LogP contribution in [-0.4, -0.2) is 40.5 Å². The van der Waals surface area contributed by atoms with E-state index >= 15 is 0 Å². The first-order valence-corrected chi connectivity index (χ1v) is 11.9. The fraction of sp³-hybridized carbons (Fsp3) is 0.652. The minimum Gasteiger partial charge on any atom is -0.330 e. The maximum atomic E-state index is 12.6. The summed E-state index contributed by atoms with van der Waals surface area (Å²) >= 11 is 1.82. The molecule has 2 fully saturated rings. The van der Waals surface area contributed by atoms with E-state index in [0.29, 0.717) is 12.0 Å². The number of carbonyl (C=O) groups excluding carboxylic acids is 1. The third kappa shape index (κ3) is 5.91. The number of benzene rings is 1. The van der Waals surface area contributed by atoms with Crippen LogP contribution in [0.5, 0.6) is 0 Å². The molecular formula is C23H36ClN3OS. The summed E-state index contributed by atoms with van der Waals surface area (Å²) in [5.74, 6) is 1.48. The van der Waals surface area contributed by atoms with E-state index < -0.39 is 0 Å². The molecule has 0 N–H and O–H groups in total. The minimum atomic E-state index is 0. The molecule has 6 heteroatoms. The van der Waals surface area contributed by atoms with Crippen molar-refractivity contribution in [3.63, 3.8) is 0 Å². The van der Waals surface area contributed by atoms with Crippen LogP contribution in [0.3, 0.4) is 0 Å². The molecule has 1 heterocycles. The molecule has 29 heavy (non-hydrogen) atoms. The van der Waals surface area contributed by atoms with Gasteiger partial charge in [-0.15, -0.1) is 12.4 Å². The number of anilines is 1. The van der Waals surface area contributed by atoms with Gasteiger partial charge in [0.1, 0.15) is 6.17 Å². The fourth-order valence-corrected chi connectivity index (χ4v) is 5.44. The fourth-order valence-electron chi connectivity index (χ4n) is 4.21. The maximum absolute atomic E-state index is 12.6. The number of rotatable bonds is 6. The topological polar surface area (TPSA) is 35.9 Å². The van der Waals surface area contributed by atoms with E-state index in [1.807, 2.05) is 16.7 Å². The molecular weight excluding hydrogens is 402 g/mol. The molecule has 0 spiro atoms. The highest BCUT2D eigenvalue weighted by molar-refractivity contribution is 8.14. The third-order valence-electron chi connectivity index (χ3n) is 5.77. The van der Waals surface area contributed by atoms with E-state index in [2.05, 4.69) is 49.9 Å². The first-order chi connectivity index (χ1) is 13.5. The van der Waals surface area contributed by atoms with Crippen molar-refractivity contribution < 1.29 is 4.79 Å². The first kappa shape index (κ1) is 24.1. The molecule has 1 saturated carbocycles. The Kier molecular flexibility index (Phi) is 9.35. The molecule has 1 amide bonds. The number of thioether (sulfide) groups is 1. The summed E-state index contributed by atoms with van der Waals surface area (Å²) in [5.41, 5.74) is 2.29. The molecule has 0 bridgehead atoms. The van der Waals surface area contributed by atoms with Crippen LogP contribution in [0, 0.1) is 0 Å². The molecule has 0 aromatic heterocycles. The van der Waals surface area contributed by atoms with Gasteiger partial charge in [-0.1, -0.05) is 63.9 Å². The van der Waals surface area contributed by atoms with Gasteiger partial charge in [0, 0.05) is 24.9 Å². The van der Waals surface area contributed by atoms with Gasteiger partial charge in [-0.3, -0.25) is 14.7 Å². The van der Waals surface area contributed by atoms with Gasteiger partial charge in [0.25, 0.3) is 0 Å². The standard InChI is InChI=1S/C23H35N3OS.ClH/c1-5-15-25-22(16-28-23(25)24-20-9-7-6-8-10-20)26(18(4)27)21-13-11-19(12-14-21)17(2)3;/h11-14,17,20,22H,5-10,15-16H2,1-4H3;1H. The van der Waals surface area contributed by atoms with Crippen LogP contribution in [0.1, 0.15) is 77.7 Å². The van der Waals surface area contributed by atoms with Crippen LogP contribution in [0.25, 0.3) is 0 Å². The molecule has 1 aromatic rings. The normalized spacial score (nSPS) is 21.5. The predicted molar refractivity (Wildman–Crippen MR) is 128 cm³/mol. The highest BCUT2D eigenvalue weighted by Crippen LogP contribution is 2.32. The lowest BCUT2D eigenvalue weighted by Crippen LogP contribution is -2.50. The highest BCUT2D eigenvalue weighted by atomic mass is 35.5. The van der Waals surface area contributed by atoms with Gasteiger partial charge in [0.15, 0.2) is 5.17 Å². The molecule has 1 saturated heterocycles. The Morgan fingerprint density at radius 2 is 1.86 bits per heavy atom. The van der Waals surface area contributed by atoms with Crippen LogP contribution in [0.15, 0.2) is 29.3 Å². The van der Waals surface area contributed by atoms with Crippen LogP contribution in [0.4, 0.5) is 5.69 Å². The van der Waals surface area contributed by atoms with Gasteiger partial charge in [0.2, 0.25) is 5.91 Å². The Bertz CT molecular complexity index is 686. The quantitative estimate of drug-likeness (QED) is 0.542. The van der Waals surface area contributed by atoms with Crippen molar-refractivity contribution >= 4 is 40.9 Å². The lowest BCUT2D eigenvalue weighted by molar-refractivity contribution is -0.117. The molecule has 1 atom stereocenters. The maximum Gasteiger partial charge on any atom is 0.225 e. The summed E-state index contributed by atoms with van der Waals surface area (Å²) < 4.78 is 0. The zero-order chi connectivity index (χ0) is 20.1. The van der Waals surface area contributed by atoms with Gasteiger partial charge in [-0.2, -0.15) is 0 Å². The van der Waals surface area contributed by atoms with Crippen LogP contribution in [0.2, 0.25) is 0 Å². The predicted octanol–water partition coefficient (Wildman–Crippen LogP) is 6.06. The van der Waals surface area contributed by atoms with E-state index in [4.69, 9.17) is 4.99 Å². The number of halogens is 1. The van der Waals surface area contributed by atoms with Crippen LogP contribution < -0.4 is 4.90 Å². The Morgan fingerprint density at radius 3 is 2.41 bits per heavy atom. The van der Waals surface area contributed by atoms with Crippen molar-refractivity contribution in [2.24, 2.45) is 4.99 Å². The van der Waals surface area contributed by atoms with Crippen molar-refractivity contribution in [3.05, 3.63) is 29.8 Å². The van der Waals surface area contributed by atoms with Gasteiger partial charge >= 0.3 is 0 Å². The van der Waals surface area contributed by atoms with E-state index in [9.17, 15) is 4.79 Å². The monoisotopic (exact) mass is 437 g/mol. The number of carbonyl (C=O) groups is 1. The molecule has 3 rings (SSSR count). The Morgan fingerprint density at radius 1 is 1.21 bits per heavy atom. The summed E-state index contributed by atoms with van der Waals surface area (Å²) in [6, 6.07) is 8.97. The molecule has 4 nitrogen and oxygen atoms in total. The second-order valence-electron chi connectivity index (χ2n) is 8.32. The molecule has 0 radical (unpaired) electrons. The smallest absolute Gasteiger partial charge is 0.225 e. The largest absolute Gasteiger partial charge is 0.330 e. The van der Waals surface area contributed by atoms with Crippen molar-refractivity contribution in [1.82, 2.24) is 4.90 Å². The Balaban J connectivity index is 0.00000300. The van der Waals surface area contributed by atoms with Crippen molar-refractivity contribution in [3.8, 4) is 0 Å². The molecule has 1 aliphatic carbocycles. The number of aliphatic imine (C=N–C) groups is 1. The molecule has 1 unspecified atom stereocenters. The number of amides is 1. The number of hydrogen-bond acceptors (Lipinski definition) is 3. The zero-order valence-electron chi connectivity index (χ0n) is 18.3. The van der Waals surface area contributed by atoms with Gasteiger partial charge in [-0.05, 0) is 42.9 Å². The summed E-state index contributed by atoms with van der Waals surface area (Å²) in [6.45, 7) is 9.22. The average molecular weight is 438 g/mol. The summed E-state index contributed by atoms with van der Waals surface area (Å²) in [7, 11) is 0. The highest BCUT2D eigenvalue weighted by Gasteiger charge is 2.36. The Hall–Kier alpha value is -1.20. The lowest BCUT2D eigenvalue weighted by Gasteiger charge is -2.35. The van der Waals surface area contributed by atoms with Gasteiger partial charge < -0.3 is 4.90 Å². The zero-order valence-corrected chi connectivity index (χ0v) is 19.9. The van der Waals surface area contributed by atoms with E-state index in [1.165, 1.54) is 37.7 Å². The van der Waals surface area contributed by atoms with Crippen LogP contribution in [-0.2, 0) is 4.79 Å². The van der Waals surface area contributed by atoms with E-state index in [1.54, 1.807) is 6.92 Å². The van der Waals surface area contributed by atoms with Gasteiger partial charge in [0.05, 0.1) is 6.04 Å². The molecule has 162 valence electrons. The minimum absolute atomic E-state index is 0. The lowest BCUT2D eigenvalue weighted by atomic mass is 9.96. The molecule has 2 aliphatic rings. The molecule has 1 aromatic carbocycles. The summed E-state index contributed by atoms with van der Waals surface area (Å²) in [4.78, 5) is 22.1. The van der Waals surface area contributed by atoms with E-state index in [-0.39, 0.29) is 24.5 Å². The van der Waals surface area contributed by atoms with Crippen molar-refractivity contribution in [2.75, 3.05) is 17.2 Å². The van der Waals surface area contributed by atoms with Crippen molar-refractivity contribution in [2.45, 2.75) is 84.3 Å². The summed E-state index contributed by atoms with van der Waals surface area (Å²) in [6.07, 6.45) is 7.47. The number of hydrogen-bond donors (Lipinski definition) is 0. The average Bonchev–Trinajstić information content (AvgIpc) is 3.05. The van der Waals surface area contributed by atoms with Crippen molar-refractivity contribution in [1.29, 1.82) is 0 Å². The number of nitrogens with zero attached hydrogens (tertiary/aromatic N) is 3. The SMILES string of the molecule is CCCN1C(=NC2CCCCC2)SCC1N(C(C)=O)c1ccc(C(C)C)cc1.Cl. The first-order valence-electron chi connectivity index (χ1n) is 10.9. The number of amidine groups is 1. The second-order valence-corrected chi connectivity index (χ2v) is 9.31. The van der Waals surface area contributed by atoms with Crippen LogP contribution >= 0.6 is 24.2 Å². The van der Waals surface area contributed by atoms with E-state index in [0.717, 1.165) is 29.6 Å². The second kappa shape index (κ2) is 11.3. The Labute approximate surface area is 186 Å². The summed E-state index contributed by atoms with van der Waals surface area (Å²) in [5, 5.41) is 1.14. The third-order valence-corrected chi connectivity index (χ3v) is 6.84. The van der Waals surface area contributed by atoms with Gasteiger partial charge in [-0.25, -0.2) is 0 Å².